The van der Waals surface area contributed by atoms with Crippen LogP contribution in [0.2, 0.25) is 10.0 Å². The van der Waals surface area contributed by atoms with E-state index in [-0.39, 0.29) is 43.7 Å². The molecule has 5 rings (SSSR count). The normalized spacial score (nSPS) is 25.4. The molecular formula is C33H37Cl2IN2O7. The Morgan fingerprint density at radius 2 is 1.98 bits per heavy atom. The number of aliphatic hydroxyl groups excluding tert-OH is 2. The third-order valence-corrected chi connectivity index (χ3v) is 10.6. The first-order valence-electron chi connectivity index (χ1n) is 15.1. The van der Waals surface area contributed by atoms with Crippen molar-refractivity contribution >= 4 is 63.9 Å². The maximum Gasteiger partial charge on any atom is 0.247 e. The van der Waals surface area contributed by atoms with Gasteiger partial charge in [-0.1, -0.05) is 35.7 Å². The van der Waals surface area contributed by atoms with Crippen LogP contribution in [0.15, 0.2) is 42.0 Å². The molecule has 6 unspecified atom stereocenters. The molecule has 2 aromatic rings. The highest BCUT2D eigenvalue weighted by molar-refractivity contribution is 14.1. The van der Waals surface area contributed by atoms with Crippen LogP contribution in [0.3, 0.4) is 0 Å². The number of halogens is 3. The van der Waals surface area contributed by atoms with Gasteiger partial charge in [-0.25, -0.2) is 0 Å². The molecule has 6 atom stereocenters. The second kappa shape index (κ2) is 15.0. The summed E-state index contributed by atoms with van der Waals surface area (Å²) in [5.74, 6) is 1.49. The molecule has 2 amide bonds. The van der Waals surface area contributed by atoms with Crippen LogP contribution >= 0.6 is 45.8 Å². The number of benzene rings is 2. The van der Waals surface area contributed by atoms with Crippen molar-refractivity contribution in [1.82, 2.24) is 10.2 Å². The summed E-state index contributed by atoms with van der Waals surface area (Å²) < 4.78 is 12.4. The lowest BCUT2D eigenvalue weighted by atomic mass is 9.84. The maximum absolute atomic E-state index is 14.2. The zero-order chi connectivity index (χ0) is 32.2. The molecule has 0 aliphatic heterocycles. The largest absolute Gasteiger partial charge is 0.493 e. The van der Waals surface area contributed by atoms with Crippen molar-refractivity contribution in [3.63, 3.8) is 0 Å². The zero-order valence-corrected chi connectivity index (χ0v) is 28.6. The van der Waals surface area contributed by atoms with Gasteiger partial charge in [0.2, 0.25) is 11.8 Å². The van der Waals surface area contributed by atoms with Crippen LogP contribution in [0.1, 0.15) is 54.4 Å². The van der Waals surface area contributed by atoms with Crippen molar-refractivity contribution in [2.75, 3.05) is 20.3 Å². The molecule has 0 heterocycles. The lowest BCUT2D eigenvalue weighted by molar-refractivity contribution is -0.141. The highest BCUT2D eigenvalue weighted by Gasteiger charge is 2.44. The maximum atomic E-state index is 14.2. The first kappa shape index (κ1) is 34.0. The number of aldehydes is 1. The molecule has 2 aromatic carbocycles. The number of fused-ring (bicyclic) bond motifs is 2. The van der Waals surface area contributed by atoms with Gasteiger partial charge in [0.05, 0.1) is 23.3 Å². The molecule has 0 saturated heterocycles. The van der Waals surface area contributed by atoms with Crippen LogP contribution in [-0.4, -0.2) is 71.7 Å². The van der Waals surface area contributed by atoms with Gasteiger partial charge < -0.3 is 29.9 Å². The number of hydrogen-bond donors (Lipinski definition) is 3. The number of aliphatic hydroxyl groups is 2. The Labute approximate surface area is 286 Å². The van der Waals surface area contributed by atoms with E-state index in [4.69, 9.17) is 32.7 Å². The lowest BCUT2D eigenvalue weighted by Gasteiger charge is -2.41. The zero-order valence-electron chi connectivity index (χ0n) is 24.9. The number of ether oxygens (including phenoxy) is 2. The molecule has 3 aliphatic rings. The molecule has 3 aliphatic carbocycles. The number of carbonyl (C=O) groups excluding carboxylic acids is 3. The van der Waals surface area contributed by atoms with Crippen molar-refractivity contribution in [2.45, 2.75) is 63.3 Å². The fourth-order valence-corrected chi connectivity index (χ4v) is 8.25. The van der Waals surface area contributed by atoms with Gasteiger partial charge in [-0.05, 0) is 95.5 Å². The molecule has 242 valence electrons. The molecule has 12 heteroatoms. The molecule has 2 fully saturated rings. The monoisotopic (exact) mass is 770 g/mol. The number of amides is 2. The molecule has 2 saturated carbocycles. The van der Waals surface area contributed by atoms with E-state index in [1.54, 1.807) is 35.2 Å². The van der Waals surface area contributed by atoms with E-state index in [9.17, 15) is 24.6 Å². The van der Waals surface area contributed by atoms with Crippen LogP contribution in [0.25, 0.3) is 0 Å². The summed E-state index contributed by atoms with van der Waals surface area (Å²) >= 11 is 14.8. The number of hydrogen-bond acceptors (Lipinski definition) is 7. The van der Waals surface area contributed by atoms with Crippen LogP contribution in [0.4, 0.5) is 0 Å². The smallest absolute Gasteiger partial charge is 0.247 e. The summed E-state index contributed by atoms with van der Waals surface area (Å²) in [6.45, 7) is -0.0989. The summed E-state index contributed by atoms with van der Waals surface area (Å²) in [7, 11) is 1.45. The van der Waals surface area contributed by atoms with E-state index in [2.05, 4.69) is 5.32 Å². The molecule has 0 aromatic heterocycles. The minimum absolute atomic E-state index is 0.0427. The third-order valence-electron chi connectivity index (χ3n) is 9.25. The van der Waals surface area contributed by atoms with Crippen LogP contribution in [0.5, 0.6) is 11.5 Å². The number of rotatable bonds is 12. The molecule has 9 nitrogen and oxygen atoms in total. The van der Waals surface area contributed by atoms with Crippen molar-refractivity contribution in [1.29, 1.82) is 0 Å². The summed E-state index contributed by atoms with van der Waals surface area (Å²) in [4.78, 5) is 40.6. The summed E-state index contributed by atoms with van der Waals surface area (Å²) in [5, 5.41) is 24.8. The number of nitrogens with one attached hydrogen (secondary N) is 1. The SMILES string of the molecule is COc1cc(C=O)cc(I)c1OC1C=C(C(=O)NCCO)CC(N(Cc2ccc(Cl)cc2Cl)C(=O)CC2CC3CCC2C3)C1O. The first-order valence-corrected chi connectivity index (χ1v) is 17.0. The van der Waals surface area contributed by atoms with E-state index < -0.39 is 24.2 Å². The summed E-state index contributed by atoms with van der Waals surface area (Å²) in [6.07, 6.45) is 4.89. The Bertz CT molecular complexity index is 1470. The van der Waals surface area contributed by atoms with Crippen LogP contribution in [0, 0.1) is 21.3 Å². The third kappa shape index (κ3) is 7.78. The number of carbonyl (C=O) groups is 3. The first-order chi connectivity index (χ1) is 21.6. The minimum Gasteiger partial charge on any atom is -0.493 e. The molecule has 2 bridgehead atoms. The lowest BCUT2D eigenvalue weighted by Crippen LogP contribution is -2.55. The van der Waals surface area contributed by atoms with E-state index in [0.29, 0.717) is 60.6 Å². The topological polar surface area (TPSA) is 125 Å². The van der Waals surface area contributed by atoms with Crippen LogP contribution in [-0.2, 0) is 16.1 Å². The fourth-order valence-electron chi connectivity index (χ4n) is 7.03. The Kier molecular flexibility index (Phi) is 11.3. The molecular weight excluding hydrogens is 734 g/mol. The van der Waals surface area contributed by atoms with E-state index >= 15 is 0 Å². The minimum atomic E-state index is -1.24. The number of nitrogens with zero attached hydrogens (tertiary/aromatic N) is 1. The van der Waals surface area contributed by atoms with Crippen molar-refractivity contribution in [2.24, 2.45) is 17.8 Å². The van der Waals surface area contributed by atoms with E-state index in [1.165, 1.54) is 19.6 Å². The quantitative estimate of drug-likeness (QED) is 0.201. The Hall–Kier alpha value is -2.38. The van der Waals surface area contributed by atoms with Crippen LogP contribution < -0.4 is 14.8 Å². The van der Waals surface area contributed by atoms with E-state index in [1.807, 2.05) is 22.6 Å². The molecule has 0 radical (unpaired) electrons. The van der Waals surface area contributed by atoms with Gasteiger partial charge in [-0.15, -0.1) is 0 Å². The highest BCUT2D eigenvalue weighted by atomic mass is 127. The van der Waals surface area contributed by atoms with Crippen molar-refractivity contribution in [3.05, 3.63) is 66.7 Å². The standard InChI is InChI=1S/C33H37Cl2IN2O7/c1-44-29-11-19(17-40)10-26(36)32(29)45-28-13-23(33(43)37-6-7-39)12-27(31(28)42)38(16-21-4-5-24(34)15-25(21)35)30(41)14-22-9-18-2-3-20(22)8-18/h4-5,10-11,13,15,17-18,20,22,27-28,31,39,42H,2-3,6-9,12,14,16H2,1H3,(H,37,43). The van der Waals surface area contributed by atoms with Crippen molar-refractivity contribution in [3.8, 4) is 11.5 Å². The second-order valence-electron chi connectivity index (χ2n) is 12.1. The molecule has 3 N–H and O–H groups in total. The van der Waals surface area contributed by atoms with Gasteiger partial charge in [0.1, 0.15) is 18.5 Å². The highest BCUT2D eigenvalue weighted by Crippen LogP contribution is 2.50. The van der Waals surface area contributed by atoms with Gasteiger partial charge in [0, 0.05) is 47.1 Å². The Balaban J connectivity index is 1.51. The fraction of sp³-hybridized carbons (Fsp3) is 0.485. The van der Waals surface area contributed by atoms with Crippen molar-refractivity contribution < 1.29 is 34.1 Å². The molecule has 0 spiro atoms. The van der Waals surface area contributed by atoms with Gasteiger partial charge >= 0.3 is 0 Å². The average molecular weight is 771 g/mol. The van der Waals surface area contributed by atoms with Gasteiger partial charge in [-0.2, -0.15) is 0 Å². The van der Waals surface area contributed by atoms with Gasteiger partial charge in [0.15, 0.2) is 11.5 Å². The van der Waals surface area contributed by atoms with E-state index in [0.717, 1.165) is 19.3 Å². The Morgan fingerprint density at radius 3 is 2.62 bits per heavy atom. The Morgan fingerprint density at radius 1 is 1.18 bits per heavy atom. The number of methoxy groups -OCH3 is 1. The predicted octanol–water partition coefficient (Wildman–Crippen LogP) is 5.19. The predicted molar refractivity (Wildman–Crippen MR) is 179 cm³/mol. The summed E-state index contributed by atoms with van der Waals surface area (Å²) in [6, 6.07) is 7.40. The second-order valence-corrected chi connectivity index (χ2v) is 14.1. The summed E-state index contributed by atoms with van der Waals surface area (Å²) in [5.41, 5.74) is 1.36. The average Bonchev–Trinajstić information content (AvgIpc) is 3.65. The van der Waals surface area contributed by atoms with Gasteiger partial charge in [-0.3, -0.25) is 14.4 Å². The van der Waals surface area contributed by atoms with Gasteiger partial charge in [0.25, 0.3) is 0 Å². The molecule has 45 heavy (non-hydrogen) atoms.